The van der Waals surface area contributed by atoms with Crippen molar-refractivity contribution in [2.24, 2.45) is 16.6 Å². The number of ether oxygens (including phenoxy) is 1. The van der Waals surface area contributed by atoms with Gasteiger partial charge < -0.3 is 39.0 Å². The number of hydrogen-bond donors (Lipinski definition) is 3. The van der Waals surface area contributed by atoms with Crippen LogP contribution in [0.15, 0.2) is 79.0 Å². The number of carbonyl (C=O) groups is 2. The fourth-order valence-electron chi connectivity index (χ4n) is 5.50. The number of aromatic nitrogens is 8. The molecule has 70 heavy (non-hydrogen) atoms. The minimum absolute atomic E-state index is 0.0150. The largest absolute Gasteiger partial charge is 0.461 e. The molecule has 0 bridgehead atoms. The van der Waals surface area contributed by atoms with Crippen LogP contribution in [0, 0.1) is 11.3 Å². The van der Waals surface area contributed by atoms with Gasteiger partial charge in [-0.2, -0.15) is 57.9 Å². The van der Waals surface area contributed by atoms with Crippen LogP contribution in [-0.4, -0.2) is 67.1 Å². The number of nitriles is 1. The summed E-state index contributed by atoms with van der Waals surface area (Å²) >= 11 is 22.7. The van der Waals surface area contributed by atoms with Crippen LogP contribution in [0.1, 0.15) is 61.5 Å². The SMILES string of the molecule is CCOC(=O)c1cn2cc(C(F)(F)F)cc(Cl)c2n1.N#Cc1cn2cc(C(F)(F)F)cc(Cl)c2n1.N/C(=N\O)c1cn2cc(C(F)(F)F)cc(Cl)c2n1.NC(=O)c1cn2cc(C(F)(F)F)cc(Cl)c2n1. The number of alkyl halides is 12. The summed E-state index contributed by atoms with van der Waals surface area (Å²) in [5.74, 6) is -1.86. The molecule has 8 aromatic heterocycles. The van der Waals surface area contributed by atoms with E-state index in [4.69, 9.17) is 73.1 Å². The Morgan fingerprint density at radius 3 is 1.23 bits per heavy atom. The van der Waals surface area contributed by atoms with Gasteiger partial charge in [-0.05, 0) is 31.2 Å². The van der Waals surface area contributed by atoms with Crippen LogP contribution < -0.4 is 11.5 Å². The molecular weight excluding hydrogens is 1060 g/mol. The third-order valence-electron chi connectivity index (χ3n) is 8.56. The number of imidazole rings is 4. The molecule has 8 heterocycles. The fourth-order valence-corrected chi connectivity index (χ4v) is 6.53. The maximum atomic E-state index is 12.6. The predicted molar refractivity (Wildman–Crippen MR) is 223 cm³/mol. The highest BCUT2D eigenvalue weighted by molar-refractivity contribution is 6.34. The molecule has 1 amide bonds. The number of rotatable bonds is 4. The van der Waals surface area contributed by atoms with Gasteiger partial charge in [0, 0.05) is 49.6 Å². The Hall–Kier alpha value is -7.22. The number of pyridine rings is 4. The van der Waals surface area contributed by atoms with E-state index >= 15 is 0 Å². The van der Waals surface area contributed by atoms with Gasteiger partial charge in [-0.3, -0.25) is 4.79 Å². The van der Waals surface area contributed by atoms with E-state index in [2.05, 4.69) is 25.1 Å². The van der Waals surface area contributed by atoms with Crippen LogP contribution in [0.25, 0.3) is 22.6 Å². The molecule has 0 aliphatic heterocycles. The molecule has 0 radical (unpaired) electrons. The number of halogens is 16. The van der Waals surface area contributed by atoms with Gasteiger partial charge in [-0.25, -0.2) is 24.7 Å². The molecule has 8 rings (SSSR count). The van der Waals surface area contributed by atoms with E-state index in [9.17, 15) is 62.3 Å². The average Bonchev–Trinajstić information content (AvgIpc) is 4.08. The summed E-state index contributed by atoms with van der Waals surface area (Å²) in [6, 6.07) is 4.78. The number of primary amides is 1. The number of esters is 1. The van der Waals surface area contributed by atoms with Crippen molar-refractivity contribution < 1.29 is 72.2 Å². The molecule has 0 unspecified atom stereocenters. The Labute approximate surface area is 400 Å². The van der Waals surface area contributed by atoms with Gasteiger partial charge in [-0.1, -0.05) is 51.6 Å². The van der Waals surface area contributed by atoms with Gasteiger partial charge >= 0.3 is 30.7 Å². The Morgan fingerprint density at radius 1 is 0.586 bits per heavy atom. The van der Waals surface area contributed by atoms with E-state index in [1.165, 1.54) is 12.4 Å². The Bertz CT molecular complexity index is 3350. The fraction of sp³-hybridized carbons (Fsp3) is 0.158. The number of hydrogen-bond acceptors (Lipinski definition) is 10. The van der Waals surface area contributed by atoms with Crippen molar-refractivity contribution in [2.45, 2.75) is 31.6 Å². The first kappa shape index (κ1) is 53.7. The maximum Gasteiger partial charge on any atom is 0.417 e. The molecule has 0 spiro atoms. The zero-order chi connectivity index (χ0) is 52.4. The van der Waals surface area contributed by atoms with Gasteiger partial charge in [0.15, 0.2) is 39.8 Å². The van der Waals surface area contributed by atoms with Crippen LogP contribution in [-0.2, 0) is 29.4 Å². The van der Waals surface area contributed by atoms with Gasteiger partial charge in [-0.15, -0.1) is 0 Å². The van der Waals surface area contributed by atoms with Gasteiger partial charge in [0.25, 0.3) is 5.91 Å². The van der Waals surface area contributed by atoms with Crippen molar-refractivity contribution in [1.29, 1.82) is 5.26 Å². The number of nitrogens with two attached hydrogens (primary N) is 2. The molecule has 0 atom stereocenters. The molecule has 0 saturated carbocycles. The van der Waals surface area contributed by atoms with E-state index in [0.717, 1.165) is 79.0 Å². The predicted octanol–water partition coefficient (Wildman–Crippen LogP) is 10.3. The summed E-state index contributed by atoms with van der Waals surface area (Å²) in [7, 11) is 0. The monoisotopic (exact) mass is 1080 g/mol. The number of fused-ring (bicyclic) bond motifs is 4. The Balaban J connectivity index is 0.000000174. The molecule has 8 aromatic rings. The zero-order valence-corrected chi connectivity index (χ0v) is 37.0. The smallest absolute Gasteiger partial charge is 0.417 e. The molecule has 0 aliphatic carbocycles. The van der Waals surface area contributed by atoms with Crippen molar-refractivity contribution >= 4 is 86.7 Å². The van der Waals surface area contributed by atoms with Crippen molar-refractivity contribution in [3.8, 4) is 6.07 Å². The van der Waals surface area contributed by atoms with Gasteiger partial charge in [0.2, 0.25) is 0 Å². The molecular formula is C38H22Cl4F12N12O4. The third kappa shape index (κ3) is 12.5. The molecule has 370 valence electrons. The van der Waals surface area contributed by atoms with Crippen LogP contribution >= 0.6 is 46.4 Å². The third-order valence-corrected chi connectivity index (χ3v) is 9.67. The second kappa shape index (κ2) is 20.4. The molecule has 5 N–H and O–H groups in total. The summed E-state index contributed by atoms with van der Waals surface area (Å²) in [6.45, 7) is 1.76. The summed E-state index contributed by atoms with van der Waals surface area (Å²) in [6.07, 6.45) is -10.1. The zero-order valence-electron chi connectivity index (χ0n) is 34.0. The topological polar surface area (TPSA) is 221 Å². The van der Waals surface area contributed by atoms with Crippen LogP contribution in [0.5, 0.6) is 0 Å². The minimum atomic E-state index is -4.52. The summed E-state index contributed by atoms with van der Waals surface area (Å²) in [4.78, 5) is 37.5. The summed E-state index contributed by atoms with van der Waals surface area (Å²) in [5, 5.41) is 19.0. The molecule has 32 heteroatoms. The Kier molecular flexibility index (Phi) is 15.7. The van der Waals surface area contributed by atoms with Crippen molar-refractivity contribution in [3.05, 3.63) is 139 Å². The first-order valence-electron chi connectivity index (χ1n) is 18.2. The summed E-state index contributed by atoms with van der Waals surface area (Å²) < 4.78 is 159. The van der Waals surface area contributed by atoms with E-state index in [1.807, 2.05) is 0 Å². The molecule has 16 nitrogen and oxygen atoms in total. The van der Waals surface area contributed by atoms with E-state index < -0.39 is 58.8 Å². The highest BCUT2D eigenvalue weighted by Gasteiger charge is 2.35. The minimum Gasteiger partial charge on any atom is -0.461 e. The lowest BCUT2D eigenvalue weighted by atomic mass is 10.3. The molecule has 0 aliphatic rings. The Morgan fingerprint density at radius 2 is 0.900 bits per heavy atom. The lowest BCUT2D eigenvalue weighted by Gasteiger charge is -2.07. The van der Waals surface area contributed by atoms with Crippen molar-refractivity contribution in [1.82, 2.24) is 37.5 Å². The lowest BCUT2D eigenvalue weighted by molar-refractivity contribution is -0.138. The van der Waals surface area contributed by atoms with E-state index in [-0.39, 0.29) is 77.9 Å². The number of amidine groups is 1. The lowest BCUT2D eigenvalue weighted by Crippen LogP contribution is -2.13. The first-order valence-corrected chi connectivity index (χ1v) is 19.7. The molecule has 0 fully saturated rings. The quantitative estimate of drug-likeness (QED) is 0.0378. The van der Waals surface area contributed by atoms with Gasteiger partial charge in [0.1, 0.15) is 17.5 Å². The molecule has 0 saturated heterocycles. The average molecular weight is 1080 g/mol. The second-order valence-electron chi connectivity index (χ2n) is 13.4. The van der Waals surface area contributed by atoms with Crippen LogP contribution in [0.2, 0.25) is 20.1 Å². The van der Waals surface area contributed by atoms with Crippen LogP contribution in [0.4, 0.5) is 52.7 Å². The van der Waals surface area contributed by atoms with Crippen molar-refractivity contribution in [2.75, 3.05) is 6.61 Å². The van der Waals surface area contributed by atoms with Crippen LogP contribution in [0.3, 0.4) is 0 Å². The number of nitrogens with zero attached hydrogens (tertiary/aromatic N) is 10. The van der Waals surface area contributed by atoms with Gasteiger partial charge in [0.05, 0.1) is 49.0 Å². The molecule has 0 aromatic carbocycles. The van der Waals surface area contributed by atoms with E-state index in [1.54, 1.807) is 13.0 Å². The van der Waals surface area contributed by atoms with E-state index in [0.29, 0.717) is 0 Å². The summed E-state index contributed by atoms with van der Waals surface area (Å²) in [5.41, 5.74) is 6.76. The standard InChI is InChI=1S/C11H8ClF3N2O2.C9H6ClF3N4O.C9H5ClF3N3O.C9H3ClF3N3/c1-2-19-10(18)8-5-17-4-6(11(13,14)15)3-7(12)9(17)16-8;10-5-1-4(9(11,12)13)2-17-3-6(7(14)16-18)15-8(5)17;10-5-1-4(9(11,12)13)2-16-3-6(7(14)17)15-8(5)16;10-7-1-5(9(11,12)13)3-16-4-6(2-14)15-8(7)16/h3-5H,2H2,1H3;1-3,18H,(H2,14,16);1-3H,(H2,14,17);1,3-4H. The first-order chi connectivity index (χ1) is 32.4. The highest BCUT2D eigenvalue weighted by Crippen LogP contribution is 2.35. The second-order valence-corrected chi connectivity index (χ2v) is 15.0. The number of amides is 1. The maximum absolute atomic E-state index is 12.6. The number of carbonyl (C=O) groups excluding carboxylic acids is 2. The number of oxime groups is 1. The van der Waals surface area contributed by atoms with Crippen molar-refractivity contribution in [3.63, 3.8) is 0 Å². The highest BCUT2D eigenvalue weighted by atomic mass is 35.5. The normalized spacial score (nSPS) is 12.2.